The third kappa shape index (κ3) is 3.23. The number of carbonyl (C=O) groups is 1. The van der Waals surface area contributed by atoms with Crippen LogP contribution < -0.4 is 0 Å². The van der Waals surface area contributed by atoms with E-state index in [-0.39, 0.29) is 23.8 Å². The van der Waals surface area contributed by atoms with E-state index in [1.54, 1.807) is 36.4 Å². The van der Waals surface area contributed by atoms with Crippen LogP contribution in [0.1, 0.15) is 15.2 Å². The fraction of sp³-hybridized carbons (Fsp3) is 0.0556. The Bertz CT molecular complexity index is 823. The van der Waals surface area contributed by atoms with Crippen LogP contribution in [0.25, 0.3) is 10.4 Å². The van der Waals surface area contributed by atoms with Gasteiger partial charge in [-0.1, -0.05) is 24.3 Å². The molecule has 0 saturated carbocycles. The Morgan fingerprint density at radius 2 is 1.86 bits per heavy atom. The zero-order valence-electron chi connectivity index (χ0n) is 11.6. The van der Waals surface area contributed by atoms with Crippen molar-refractivity contribution in [2.75, 3.05) is 0 Å². The highest BCUT2D eigenvalue weighted by Crippen LogP contribution is 2.29. The molecule has 0 unspecified atom stereocenters. The standard InChI is InChI=1S/C18H13FO2S/c19-14-5-2-4-13(11-14)17-7-8-18(22-17)16(21)10-12-3-1-6-15(20)9-12/h1-9,11,20H,10H2. The van der Waals surface area contributed by atoms with E-state index in [2.05, 4.69) is 0 Å². The van der Waals surface area contributed by atoms with Crippen LogP contribution in [0, 0.1) is 5.82 Å². The zero-order chi connectivity index (χ0) is 15.5. The molecule has 0 aliphatic rings. The molecule has 0 saturated heterocycles. The quantitative estimate of drug-likeness (QED) is 0.710. The summed E-state index contributed by atoms with van der Waals surface area (Å²) in [5, 5.41) is 9.43. The smallest absolute Gasteiger partial charge is 0.177 e. The topological polar surface area (TPSA) is 37.3 Å². The van der Waals surface area contributed by atoms with Crippen molar-refractivity contribution >= 4 is 17.1 Å². The summed E-state index contributed by atoms with van der Waals surface area (Å²) in [5.74, 6) is -0.159. The average Bonchev–Trinajstić information content (AvgIpc) is 2.97. The number of benzene rings is 2. The molecule has 0 radical (unpaired) electrons. The molecule has 0 atom stereocenters. The molecular formula is C18H13FO2S. The van der Waals surface area contributed by atoms with E-state index in [9.17, 15) is 14.3 Å². The van der Waals surface area contributed by atoms with E-state index in [4.69, 9.17) is 0 Å². The van der Waals surface area contributed by atoms with Crippen molar-refractivity contribution in [3.63, 3.8) is 0 Å². The minimum Gasteiger partial charge on any atom is -0.508 e. The SMILES string of the molecule is O=C(Cc1cccc(O)c1)c1ccc(-c2cccc(F)c2)s1. The normalized spacial score (nSPS) is 10.6. The Labute approximate surface area is 131 Å². The number of halogens is 1. The summed E-state index contributed by atoms with van der Waals surface area (Å²) < 4.78 is 13.3. The van der Waals surface area contributed by atoms with E-state index in [0.717, 1.165) is 16.0 Å². The van der Waals surface area contributed by atoms with Gasteiger partial charge in [-0.2, -0.15) is 0 Å². The lowest BCUT2D eigenvalue weighted by atomic mass is 10.1. The Kier molecular flexibility index (Phi) is 4.02. The van der Waals surface area contributed by atoms with E-state index in [0.29, 0.717) is 4.88 Å². The van der Waals surface area contributed by atoms with Crippen molar-refractivity contribution in [3.8, 4) is 16.2 Å². The molecule has 22 heavy (non-hydrogen) atoms. The molecule has 0 aliphatic carbocycles. The maximum atomic E-state index is 13.3. The molecule has 0 spiro atoms. The number of thiophene rings is 1. The molecule has 2 nitrogen and oxygen atoms in total. The molecule has 0 fully saturated rings. The van der Waals surface area contributed by atoms with E-state index < -0.39 is 0 Å². The van der Waals surface area contributed by atoms with E-state index in [1.807, 2.05) is 12.1 Å². The van der Waals surface area contributed by atoms with Gasteiger partial charge in [-0.3, -0.25) is 4.79 Å². The van der Waals surface area contributed by atoms with Gasteiger partial charge in [0.25, 0.3) is 0 Å². The van der Waals surface area contributed by atoms with Gasteiger partial charge in [-0.05, 0) is 47.5 Å². The fourth-order valence-electron chi connectivity index (χ4n) is 2.22. The maximum absolute atomic E-state index is 13.3. The molecule has 110 valence electrons. The monoisotopic (exact) mass is 312 g/mol. The second kappa shape index (κ2) is 6.12. The summed E-state index contributed by atoms with van der Waals surface area (Å²) in [7, 11) is 0. The van der Waals surface area contributed by atoms with Crippen molar-refractivity contribution in [3.05, 3.63) is 76.9 Å². The summed E-state index contributed by atoms with van der Waals surface area (Å²) in [5.41, 5.74) is 1.53. The first-order valence-corrected chi connectivity index (χ1v) is 7.60. The van der Waals surface area contributed by atoms with Crippen LogP contribution in [-0.4, -0.2) is 10.9 Å². The Balaban J connectivity index is 1.80. The molecule has 0 amide bonds. The number of rotatable bonds is 4. The van der Waals surface area contributed by atoms with Crippen LogP contribution in [0.3, 0.4) is 0 Å². The van der Waals surface area contributed by atoms with Gasteiger partial charge in [-0.15, -0.1) is 11.3 Å². The molecule has 1 heterocycles. The van der Waals surface area contributed by atoms with E-state index >= 15 is 0 Å². The second-order valence-electron chi connectivity index (χ2n) is 4.94. The number of Topliss-reactive ketones (excluding diaryl/α,β-unsaturated/α-hetero) is 1. The van der Waals surface area contributed by atoms with Gasteiger partial charge in [0.15, 0.2) is 5.78 Å². The molecule has 2 aromatic carbocycles. The summed E-state index contributed by atoms with van der Waals surface area (Å²) in [4.78, 5) is 13.8. The Morgan fingerprint density at radius 1 is 1.05 bits per heavy atom. The highest BCUT2D eigenvalue weighted by molar-refractivity contribution is 7.17. The summed E-state index contributed by atoms with van der Waals surface area (Å²) in [6, 6.07) is 16.6. The van der Waals surface area contributed by atoms with Gasteiger partial charge in [-0.25, -0.2) is 4.39 Å². The van der Waals surface area contributed by atoms with Gasteiger partial charge in [0.05, 0.1) is 4.88 Å². The summed E-state index contributed by atoms with van der Waals surface area (Å²) >= 11 is 1.35. The highest BCUT2D eigenvalue weighted by Gasteiger charge is 2.12. The van der Waals surface area contributed by atoms with Crippen LogP contribution in [-0.2, 0) is 6.42 Å². The number of ketones is 1. The Hall–Kier alpha value is -2.46. The van der Waals surface area contributed by atoms with Crippen LogP contribution in [0.15, 0.2) is 60.7 Å². The highest BCUT2D eigenvalue weighted by atomic mass is 32.1. The molecule has 3 aromatic rings. The number of aromatic hydroxyl groups is 1. The van der Waals surface area contributed by atoms with Gasteiger partial charge in [0.2, 0.25) is 0 Å². The predicted molar refractivity (Wildman–Crippen MR) is 85.9 cm³/mol. The number of phenols is 1. The second-order valence-corrected chi connectivity index (χ2v) is 6.03. The lowest BCUT2D eigenvalue weighted by Gasteiger charge is -2.00. The van der Waals surface area contributed by atoms with Crippen molar-refractivity contribution < 1.29 is 14.3 Å². The first-order chi connectivity index (χ1) is 10.6. The molecule has 1 aromatic heterocycles. The van der Waals surface area contributed by atoms with Crippen molar-refractivity contribution in [1.82, 2.24) is 0 Å². The Morgan fingerprint density at radius 3 is 2.64 bits per heavy atom. The number of phenolic OH excluding ortho intramolecular Hbond substituents is 1. The molecule has 0 bridgehead atoms. The minimum absolute atomic E-state index is 0.0155. The number of carbonyl (C=O) groups excluding carboxylic acids is 1. The van der Waals surface area contributed by atoms with Gasteiger partial charge in [0, 0.05) is 11.3 Å². The third-order valence-corrected chi connectivity index (χ3v) is 4.44. The summed E-state index contributed by atoms with van der Waals surface area (Å²) in [6.07, 6.45) is 0.234. The lowest BCUT2D eigenvalue weighted by molar-refractivity contribution is 0.0997. The van der Waals surface area contributed by atoms with Crippen LogP contribution in [0.5, 0.6) is 5.75 Å². The molecule has 0 aliphatic heterocycles. The first-order valence-electron chi connectivity index (χ1n) is 6.79. The third-order valence-electron chi connectivity index (χ3n) is 3.27. The average molecular weight is 312 g/mol. The first kappa shape index (κ1) is 14.5. The van der Waals surface area contributed by atoms with Gasteiger partial charge < -0.3 is 5.11 Å². The molecular weight excluding hydrogens is 299 g/mol. The number of hydrogen-bond acceptors (Lipinski definition) is 3. The van der Waals surface area contributed by atoms with Crippen LogP contribution >= 0.6 is 11.3 Å². The maximum Gasteiger partial charge on any atom is 0.177 e. The van der Waals surface area contributed by atoms with Gasteiger partial charge >= 0.3 is 0 Å². The number of hydrogen-bond donors (Lipinski definition) is 1. The lowest BCUT2D eigenvalue weighted by Crippen LogP contribution is -2.00. The van der Waals surface area contributed by atoms with Crippen molar-refractivity contribution in [2.45, 2.75) is 6.42 Å². The molecule has 3 rings (SSSR count). The summed E-state index contributed by atoms with van der Waals surface area (Å²) in [6.45, 7) is 0. The fourth-order valence-corrected chi connectivity index (χ4v) is 3.16. The van der Waals surface area contributed by atoms with Crippen molar-refractivity contribution in [1.29, 1.82) is 0 Å². The van der Waals surface area contributed by atoms with Crippen LogP contribution in [0.2, 0.25) is 0 Å². The van der Waals surface area contributed by atoms with Gasteiger partial charge in [0.1, 0.15) is 11.6 Å². The molecule has 4 heteroatoms. The molecule has 1 N–H and O–H groups in total. The minimum atomic E-state index is -0.293. The van der Waals surface area contributed by atoms with Crippen molar-refractivity contribution in [2.24, 2.45) is 0 Å². The zero-order valence-corrected chi connectivity index (χ0v) is 12.4. The predicted octanol–water partition coefficient (Wildman–Crippen LogP) is 4.69. The largest absolute Gasteiger partial charge is 0.508 e. The van der Waals surface area contributed by atoms with Crippen LogP contribution in [0.4, 0.5) is 4.39 Å². The van der Waals surface area contributed by atoms with E-state index in [1.165, 1.54) is 23.5 Å².